The zero-order valence-electron chi connectivity index (χ0n) is 9.24. The summed E-state index contributed by atoms with van der Waals surface area (Å²) in [7, 11) is 0. The Hall–Kier alpha value is -1.60. The summed E-state index contributed by atoms with van der Waals surface area (Å²) in [6.07, 6.45) is 1.04. The lowest BCUT2D eigenvalue weighted by Gasteiger charge is -2.12. The molecule has 1 aliphatic rings. The van der Waals surface area contributed by atoms with Crippen molar-refractivity contribution in [2.75, 3.05) is 0 Å². The van der Waals surface area contributed by atoms with Crippen LogP contribution in [0.2, 0.25) is 0 Å². The van der Waals surface area contributed by atoms with E-state index in [1.807, 2.05) is 0 Å². The predicted octanol–water partition coefficient (Wildman–Crippen LogP) is 2.88. The average Bonchev–Trinajstić information content (AvgIpc) is 2.29. The van der Waals surface area contributed by atoms with Crippen molar-refractivity contribution < 1.29 is 0 Å². The summed E-state index contributed by atoms with van der Waals surface area (Å²) < 4.78 is 0. The summed E-state index contributed by atoms with van der Waals surface area (Å²) >= 11 is 0. The second kappa shape index (κ2) is 4.11. The van der Waals surface area contributed by atoms with Crippen molar-refractivity contribution in [2.45, 2.75) is 19.5 Å². The van der Waals surface area contributed by atoms with Crippen LogP contribution in [0.4, 0.5) is 0 Å². The first kappa shape index (κ1) is 9.61. The van der Waals surface area contributed by atoms with E-state index in [1.165, 1.54) is 22.3 Å². The SMILES string of the molecule is c1cc2cc(c1)Cc1cccc(c1)CNC2. The molecule has 0 fully saturated rings. The fourth-order valence-electron chi connectivity index (χ4n) is 2.29. The molecule has 1 heterocycles. The van der Waals surface area contributed by atoms with Gasteiger partial charge in [0.2, 0.25) is 0 Å². The molecule has 2 aromatic rings. The Bertz CT molecular complexity index is 457. The summed E-state index contributed by atoms with van der Waals surface area (Å²) in [5.74, 6) is 0. The van der Waals surface area contributed by atoms with Gasteiger partial charge in [0.15, 0.2) is 0 Å². The molecule has 0 saturated carbocycles. The summed E-state index contributed by atoms with van der Waals surface area (Å²) in [5.41, 5.74) is 5.56. The van der Waals surface area contributed by atoms with Crippen LogP contribution < -0.4 is 5.32 Å². The van der Waals surface area contributed by atoms with Crippen LogP contribution in [0.3, 0.4) is 0 Å². The highest BCUT2D eigenvalue weighted by Gasteiger charge is 2.03. The maximum Gasteiger partial charge on any atom is 0.0208 e. The second-order valence-electron chi connectivity index (χ2n) is 4.42. The Balaban J connectivity index is 2.03. The van der Waals surface area contributed by atoms with Gasteiger partial charge >= 0.3 is 0 Å². The van der Waals surface area contributed by atoms with Crippen LogP contribution in [-0.2, 0) is 19.5 Å². The van der Waals surface area contributed by atoms with Gasteiger partial charge in [-0.1, -0.05) is 48.5 Å². The van der Waals surface area contributed by atoms with E-state index >= 15 is 0 Å². The Labute approximate surface area is 96.1 Å². The molecule has 16 heavy (non-hydrogen) atoms. The van der Waals surface area contributed by atoms with Crippen LogP contribution in [0.25, 0.3) is 0 Å². The minimum Gasteiger partial charge on any atom is -0.309 e. The van der Waals surface area contributed by atoms with E-state index in [9.17, 15) is 0 Å². The van der Waals surface area contributed by atoms with E-state index in [4.69, 9.17) is 0 Å². The summed E-state index contributed by atoms with van der Waals surface area (Å²) in [6, 6.07) is 17.7. The van der Waals surface area contributed by atoms with Gasteiger partial charge in [0.1, 0.15) is 0 Å². The molecule has 0 atom stereocenters. The molecule has 0 spiro atoms. The first-order valence-corrected chi connectivity index (χ1v) is 5.76. The third-order valence-corrected chi connectivity index (χ3v) is 3.05. The Kier molecular flexibility index (Phi) is 2.47. The number of fused-ring (bicyclic) bond motifs is 4. The number of nitrogens with one attached hydrogen (secondary N) is 1. The van der Waals surface area contributed by atoms with Gasteiger partial charge in [-0.05, 0) is 28.7 Å². The lowest BCUT2D eigenvalue weighted by atomic mass is 10.00. The van der Waals surface area contributed by atoms with Gasteiger partial charge in [-0.3, -0.25) is 0 Å². The number of benzene rings is 2. The molecule has 1 heteroatoms. The number of hydrogen-bond acceptors (Lipinski definition) is 1. The molecule has 0 aliphatic carbocycles. The summed E-state index contributed by atoms with van der Waals surface area (Å²) in [6.45, 7) is 1.91. The van der Waals surface area contributed by atoms with Crippen molar-refractivity contribution in [1.82, 2.24) is 5.32 Å². The topological polar surface area (TPSA) is 12.0 Å². The van der Waals surface area contributed by atoms with Crippen molar-refractivity contribution in [3.05, 3.63) is 70.8 Å². The zero-order chi connectivity index (χ0) is 10.8. The summed E-state index contributed by atoms with van der Waals surface area (Å²) in [5, 5.41) is 3.47. The van der Waals surface area contributed by atoms with E-state index in [-0.39, 0.29) is 0 Å². The lowest BCUT2D eigenvalue weighted by Crippen LogP contribution is -2.13. The molecular formula is C15H15N. The van der Waals surface area contributed by atoms with E-state index < -0.39 is 0 Å². The highest BCUT2D eigenvalue weighted by Crippen LogP contribution is 2.15. The molecule has 0 saturated heterocycles. The highest BCUT2D eigenvalue weighted by molar-refractivity contribution is 5.32. The Morgan fingerprint density at radius 2 is 1.19 bits per heavy atom. The Morgan fingerprint density at radius 3 is 1.75 bits per heavy atom. The normalized spacial score (nSPS) is 14.5. The standard InChI is InChI=1S/C15H15N/c1-3-12-7-13-4-2-6-15(9-13)11-16-10-14(5-1)8-12/h1-6,8-9,16H,7,10-11H2. The molecule has 2 aromatic carbocycles. The molecule has 0 radical (unpaired) electrons. The van der Waals surface area contributed by atoms with Crippen molar-refractivity contribution in [1.29, 1.82) is 0 Å². The zero-order valence-corrected chi connectivity index (χ0v) is 9.24. The monoisotopic (exact) mass is 209 g/mol. The van der Waals surface area contributed by atoms with E-state index in [0.717, 1.165) is 19.5 Å². The fraction of sp³-hybridized carbons (Fsp3) is 0.200. The third-order valence-electron chi connectivity index (χ3n) is 3.05. The van der Waals surface area contributed by atoms with E-state index in [2.05, 4.69) is 53.8 Å². The largest absolute Gasteiger partial charge is 0.309 e. The van der Waals surface area contributed by atoms with Crippen LogP contribution in [0, 0.1) is 0 Å². The predicted molar refractivity (Wildman–Crippen MR) is 66.2 cm³/mol. The van der Waals surface area contributed by atoms with Gasteiger partial charge in [-0.15, -0.1) is 0 Å². The average molecular weight is 209 g/mol. The molecule has 1 aliphatic heterocycles. The van der Waals surface area contributed by atoms with Crippen LogP contribution in [0.1, 0.15) is 22.3 Å². The van der Waals surface area contributed by atoms with Gasteiger partial charge in [-0.2, -0.15) is 0 Å². The van der Waals surface area contributed by atoms with Crippen LogP contribution >= 0.6 is 0 Å². The second-order valence-corrected chi connectivity index (χ2v) is 4.42. The van der Waals surface area contributed by atoms with Gasteiger partial charge in [0, 0.05) is 13.1 Å². The molecule has 80 valence electrons. The van der Waals surface area contributed by atoms with Gasteiger partial charge in [0.05, 0.1) is 0 Å². The van der Waals surface area contributed by atoms with E-state index in [1.54, 1.807) is 0 Å². The molecule has 3 rings (SSSR count). The number of hydrogen-bond donors (Lipinski definition) is 1. The minimum atomic E-state index is 0.956. The van der Waals surface area contributed by atoms with Gasteiger partial charge < -0.3 is 5.32 Å². The molecule has 1 N–H and O–H groups in total. The fourth-order valence-corrected chi connectivity index (χ4v) is 2.29. The van der Waals surface area contributed by atoms with Crippen molar-refractivity contribution in [2.24, 2.45) is 0 Å². The first-order valence-electron chi connectivity index (χ1n) is 5.76. The highest BCUT2D eigenvalue weighted by atomic mass is 14.8. The first-order chi connectivity index (χ1) is 7.90. The minimum absolute atomic E-state index is 0.956. The molecule has 0 amide bonds. The number of rotatable bonds is 0. The summed E-state index contributed by atoms with van der Waals surface area (Å²) in [4.78, 5) is 0. The smallest absolute Gasteiger partial charge is 0.0208 e. The molecular weight excluding hydrogens is 194 g/mol. The van der Waals surface area contributed by atoms with Crippen LogP contribution in [-0.4, -0.2) is 0 Å². The lowest BCUT2D eigenvalue weighted by molar-refractivity contribution is 0.691. The van der Waals surface area contributed by atoms with Gasteiger partial charge in [-0.25, -0.2) is 0 Å². The molecule has 1 nitrogen and oxygen atoms in total. The molecule has 0 aromatic heterocycles. The van der Waals surface area contributed by atoms with Crippen molar-refractivity contribution in [3.63, 3.8) is 0 Å². The van der Waals surface area contributed by atoms with Crippen LogP contribution in [0.5, 0.6) is 0 Å². The van der Waals surface area contributed by atoms with E-state index in [0.29, 0.717) is 0 Å². The quantitative estimate of drug-likeness (QED) is 0.703. The Morgan fingerprint density at radius 1 is 0.688 bits per heavy atom. The molecule has 0 unspecified atom stereocenters. The van der Waals surface area contributed by atoms with Crippen LogP contribution in [0.15, 0.2) is 48.5 Å². The molecule has 4 bridgehead atoms. The maximum atomic E-state index is 3.47. The third kappa shape index (κ3) is 2.00. The maximum absolute atomic E-state index is 3.47. The van der Waals surface area contributed by atoms with Gasteiger partial charge in [0.25, 0.3) is 0 Å². The van der Waals surface area contributed by atoms with Crippen molar-refractivity contribution >= 4 is 0 Å². The van der Waals surface area contributed by atoms with Crippen molar-refractivity contribution in [3.8, 4) is 0 Å².